The lowest BCUT2D eigenvalue weighted by Crippen LogP contribution is -2.44. The van der Waals surface area contributed by atoms with Crippen LogP contribution in [0.2, 0.25) is 0 Å². The van der Waals surface area contributed by atoms with Crippen molar-refractivity contribution in [3.8, 4) is 0 Å². The maximum atomic E-state index is 12.7. The van der Waals surface area contributed by atoms with Crippen LogP contribution in [0.1, 0.15) is 30.4 Å². The van der Waals surface area contributed by atoms with Crippen LogP contribution in [0, 0.1) is 0 Å². The second-order valence-corrected chi connectivity index (χ2v) is 6.49. The zero-order valence-corrected chi connectivity index (χ0v) is 12.7. The summed E-state index contributed by atoms with van der Waals surface area (Å²) in [4.78, 5) is 30.7. The van der Waals surface area contributed by atoms with Crippen molar-refractivity contribution in [2.45, 2.75) is 38.3 Å². The van der Waals surface area contributed by atoms with Crippen LogP contribution in [-0.2, 0) is 17.8 Å². The smallest absolute Gasteiger partial charge is 0.308 e. The Hall–Kier alpha value is -1.88. The van der Waals surface area contributed by atoms with Crippen molar-refractivity contribution in [1.82, 2.24) is 14.7 Å². The van der Waals surface area contributed by atoms with Crippen LogP contribution in [0.15, 0.2) is 24.3 Å². The highest BCUT2D eigenvalue weighted by atomic mass is 16.2. The first-order valence-corrected chi connectivity index (χ1v) is 8.15. The van der Waals surface area contributed by atoms with E-state index in [0.29, 0.717) is 19.6 Å². The van der Waals surface area contributed by atoms with Gasteiger partial charge in [0, 0.05) is 13.0 Å². The molecule has 0 spiro atoms. The third-order valence-electron chi connectivity index (χ3n) is 5.07. The lowest BCUT2D eigenvalue weighted by atomic mass is 9.95. The highest BCUT2D eigenvalue weighted by Crippen LogP contribution is 2.30. The van der Waals surface area contributed by atoms with Crippen LogP contribution in [0.4, 0.5) is 4.79 Å². The van der Waals surface area contributed by atoms with Crippen molar-refractivity contribution in [3.05, 3.63) is 35.4 Å². The van der Waals surface area contributed by atoms with Crippen molar-refractivity contribution >= 4 is 11.9 Å². The Morgan fingerprint density at radius 2 is 1.73 bits per heavy atom. The van der Waals surface area contributed by atoms with E-state index >= 15 is 0 Å². The molecule has 0 bridgehead atoms. The quantitative estimate of drug-likeness (QED) is 0.782. The summed E-state index contributed by atoms with van der Waals surface area (Å²) in [6.07, 6.45) is 4.23. The van der Waals surface area contributed by atoms with E-state index < -0.39 is 0 Å². The molecule has 4 rings (SSSR count). The fraction of sp³-hybridized carbons (Fsp3) is 0.529. The van der Waals surface area contributed by atoms with Gasteiger partial charge in [-0.25, -0.2) is 9.69 Å². The van der Waals surface area contributed by atoms with E-state index in [4.69, 9.17) is 0 Å². The first-order chi connectivity index (χ1) is 10.7. The van der Waals surface area contributed by atoms with E-state index in [2.05, 4.69) is 17.0 Å². The van der Waals surface area contributed by atoms with Gasteiger partial charge in [-0.05, 0) is 37.1 Å². The van der Waals surface area contributed by atoms with Crippen LogP contribution in [-0.4, -0.2) is 52.4 Å². The number of piperidine rings is 1. The Morgan fingerprint density at radius 1 is 1.00 bits per heavy atom. The molecule has 1 aromatic carbocycles. The lowest BCUT2D eigenvalue weighted by Gasteiger charge is -2.30. The molecule has 0 N–H and O–H groups in total. The summed E-state index contributed by atoms with van der Waals surface area (Å²) < 4.78 is 0. The average molecular weight is 299 g/mol. The van der Waals surface area contributed by atoms with Gasteiger partial charge in [-0.3, -0.25) is 9.69 Å². The fourth-order valence-electron chi connectivity index (χ4n) is 3.80. The van der Waals surface area contributed by atoms with Gasteiger partial charge < -0.3 is 4.90 Å². The second kappa shape index (κ2) is 5.39. The van der Waals surface area contributed by atoms with Crippen molar-refractivity contribution in [1.29, 1.82) is 0 Å². The zero-order chi connectivity index (χ0) is 15.1. The van der Waals surface area contributed by atoms with Crippen molar-refractivity contribution < 1.29 is 9.59 Å². The van der Waals surface area contributed by atoms with E-state index in [1.807, 2.05) is 12.1 Å². The summed E-state index contributed by atoms with van der Waals surface area (Å²) in [6.45, 7) is 2.99. The van der Waals surface area contributed by atoms with Gasteiger partial charge in [0.15, 0.2) is 0 Å². The van der Waals surface area contributed by atoms with Crippen molar-refractivity contribution in [3.63, 3.8) is 0 Å². The Morgan fingerprint density at radius 3 is 2.50 bits per heavy atom. The van der Waals surface area contributed by atoms with Crippen molar-refractivity contribution in [2.75, 3.05) is 19.8 Å². The Kier molecular flexibility index (Phi) is 3.37. The molecular formula is C17H21N3O2. The average Bonchev–Trinajstić information content (AvgIpc) is 2.79. The highest BCUT2D eigenvalue weighted by Gasteiger charge is 2.47. The summed E-state index contributed by atoms with van der Waals surface area (Å²) in [5.74, 6) is -0.0231. The normalized spacial score (nSPS) is 25.4. The molecule has 0 aromatic heterocycles. The molecule has 22 heavy (non-hydrogen) atoms. The number of amides is 3. The Bertz CT molecular complexity index is 567. The van der Waals surface area contributed by atoms with Gasteiger partial charge in [-0.2, -0.15) is 0 Å². The molecular weight excluding hydrogens is 278 g/mol. The molecule has 1 atom stereocenters. The van der Waals surface area contributed by atoms with E-state index in [0.717, 1.165) is 25.9 Å². The standard InChI is InChI=1S/C17H21N3O2/c21-16-15-10-13-6-2-3-7-14(13)11-19(15)17(22)20(16)12-18-8-4-1-5-9-18/h2-3,6-7,15H,1,4-5,8-12H2/t15-/m0/s1. The third-order valence-corrected chi connectivity index (χ3v) is 5.07. The molecule has 1 aromatic rings. The molecule has 5 nitrogen and oxygen atoms in total. The second-order valence-electron chi connectivity index (χ2n) is 6.49. The fourth-order valence-corrected chi connectivity index (χ4v) is 3.80. The molecule has 0 unspecified atom stereocenters. The predicted molar refractivity (Wildman–Crippen MR) is 82.0 cm³/mol. The van der Waals surface area contributed by atoms with Crippen LogP contribution in [0.5, 0.6) is 0 Å². The highest BCUT2D eigenvalue weighted by molar-refractivity contribution is 6.04. The van der Waals surface area contributed by atoms with Crippen LogP contribution >= 0.6 is 0 Å². The third kappa shape index (κ3) is 2.20. The molecule has 3 heterocycles. The number of carbonyl (C=O) groups excluding carboxylic acids is 2. The summed E-state index contributed by atoms with van der Waals surface area (Å²) in [7, 11) is 0. The summed E-state index contributed by atoms with van der Waals surface area (Å²) in [5.41, 5.74) is 2.37. The van der Waals surface area contributed by atoms with Crippen LogP contribution < -0.4 is 0 Å². The maximum absolute atomic E-state index is 12.7. The molecule has 5 heteroatoms. The number of likely N-dealkylation sites (tertiary alicyclic amines) is 1. The number of carbonyl (C=O) groups is 2. The SMILES string of the molecule is O=C1[C@@H]2Cc3ccccc3CN2C(=O)N1CN1CCCCC1. The van der Waals surface area contributed by atoms with Gasteiger partial charge in [-0.15, -0.1) is 0 Å². The first-order valence-electron chi connectivity index (χ1n) is 8.15. The molecule has 0 radical (unpaired) electrons. The molecule has 3 aliphatic heterocycles. The molecule has 116 valence electrons. The number of hydrogen-bond acceptors (Lipinski definition) is 3. The van der Waals surface area contributed by atoms with E-state index in [1.54, 1.807) is 4.90 Å². The molecule has 0 saturated carbocycles. The Labute approximate surface area is 130 Å². The minimum absolute atomic E-state index is 0.0231. The maximum Gasteiger partial charge on any atom is 0.328 e. The number of fused-ring (bicyclic) bond motifs is 2. The first kappa shape index (κ1) is 13.8. The van der Waals surface area contributed by atoms with E-state index in [-0.39, 0.29) is 18.0 Å². The van der Waals surface area contributed by atoms with Crippen LogP contribution in [0.25, 0.3) is 0 Å². The predicted octanol–water partition coefficient (Wildman–Crippen LogP) is 1.82. The van der Waals surface area contributed by atoms with Gasteiger partial charge >= 0.3 is 6.03 Å². The molecule has 2 fully saturated rings. The van der Waals surface area contributed by atoms with Gasteiger partial charge in [0.05, 0.1) is 6.67 Å². The minimum atomic E-state index is -0.299. The zero-order valence-electron chi connectivity index (χ0n) is 12.7. The van der Waals surface area contributed by atoms with Gasteiger partial charge in [0.25, 0.3) is 5.91 Å². The Balaban J connectivity index is 1.53. The monoisotopic (exact) mass is 299 g/mol. The number of hydrogen-bond donors (Lipinski definition) is 0. The van der Waals surface area contributed by atoms with Gasteiger partial charge in [0.2, 0.25) is 0 Å². The lowest BCUT2D eigenvalue weighted by molar-refractivity contribution is -0.130. The largest absolute Gasteiger partial charge is 0.328 e. The van der Waals surface area contributed by atoms with Crippen LogP contribution in [0.3, 0.4) is 0 Å². The topological polar surface area (TPSA) is 43.9 Å². The number of rotatable bonds is 2. The number of benzene rings is 1. The number of nitrogens with zero attached hydrogens (tertiary/aromatic N) is 3. The molecule has 3 aliphatic rings. The molecule has 2 saturated heterocycles. The summed E-state index contributed by atoms with van der Waals surface area (Å²) >= 11 is 0. The number of urea groups is 1. The molecule has 3 amide bonds. The van der Waals surface area contributed by atoms with E-state index in [9.17, 15) is 9.59 Å². The number of imide groups is 1. The van der Waals surface area contributed by atoms with Crippen molar-refractivity contribution in [2.24, 2.45) is 0 Å². The minimum Gasteiger partial charge on any atom is -0.308 e. The van der Waals surface area contributed by atoms with E-state index in [1.165, 1.54) is 22.4 Å². The van der Waals surface area contributed by atoms with Gasteiger partial charge in [0.1, 0.15) is 6.04 Å². The summed E-state index contributed by atoms with van der Waals surface area (Å²) in [5, 5.41) is 0. The molecule has 0 aliphatic carbocycles. The van der Waals surface area contributed by atoms with Gasteiger partial charge in [-0.1, -0.05) is 30.7 Å². The summed E-state index contributed by atoms with van der Waals surface area (Å²) in [6, 6.07) is 7.70.